The molecule has 0 aliphatic heterocycles. The van der Waals surface area contributed by atoms with E-state index in [1.165, 1.54) is 19.0 Å². The summed E-state index contributed by atoms with van der Waals surface area (Å²) in [6.45, 7) is 9.27. The van der Waals surface area contributed by atoms with E-state index in [0.717, 1.165) is 42.8 Å². The summed E-state index contributed by atoms with van der Waals surface area (Å²) in [7, 11) is -1.16. The van der Waals surface area contributed by atoms with Gasteiger partial charge in [-0.05, 0) is 68.0 Å². The molecule has 0 aromatic heterocycles. The number of amides is 2. The SMILES string of the molecule is CC[C@H](C)NC(=O)[C@@H](Cc1ccccc1)N(Cc1ccccc1C)C(=O)CN(c1cc(C)ccc1C)S(=O)(=O)N(C)C. The average Bonchev–Trinajstić information content (AvgIpc) is 2.96. The van der Waals surface area contributed by atoms with Crippen LogP contribution in [-0.2, 0) is 32.8 Å². The highest BCUT2D eigenvalue weighted by atomic mass is 32.2. The van der Waals surface area contributed by atoms with Gasteiger partial charge in [-0.2, -0.15) is 12.7 Å². The number of hydrogen-bond donors (Lipinski definition) is 1. The summed E-state index contributed by atoms with van der Waals surface area (Å²) in [5.74, 6) is -0.742. The van der Waals surface area contributed by atoms with E-state index < -0.39 is 28.7 Å². The molecule has 0 bridgehead atoms. The monoisotopic (exact) mass is 592 g/mol. The molecule has 9 heteroatoms. The fraction of sp³-hybridized carbons (Fsp3) is 0.394. The third-order valence-electron chi connectivity index (χ3n) is 7.53. The molecular weight excluding hydrogens is 548 g/mol. The van der Waals surface area contributed by atoms with E-state index >= 15 is 0 Å². The Morgan fingerprint density at radius 1 is 0.881 bits per heavy atom. The molecule has 0 fully saturated rings. The van der Waals surface area contributed by atoms with Gasteiger partial charge in [-0.1, -0.05) is 73.7 Å². The molecule has 3 aromatic carbocycles. The van der Waals surface area contributed by atoms with Crippen molar-refractivity contribution in [3.05, 3.63) is 101 Å². The molecule has 0 saturated carbocycles. The second-order valence-corrected chi connectivity index (χ2v) is 13.1. The van der Waals surface area contributed by atoms with E-state index in [1.807, 2.05) is 101 Å². The maximum atomic E-state index is 14.4. The van der Waals surface area contributed by atoms with Crippen LogP contribution < -0.4 is 9.62 Å². The van der Waals surface area contributed by atoms with Crippen molar-refractivity contribution in [3.63, 3.8) is 0 Å². The van der Waals surface area contributed by atoms with E-state index in [2.05, 4.69) is 5.32 Å². The number of nitrogens with zero attached hydrogens (tertiary/aromatic N) is 3. The lowest BCUT2D eigenvalue weighted by molar-refractivity contribution is -0.140. The maximum absolute atomic E-state index is 14.4. The van der Waals surface area contributed by atoms with Crippen LogP contribution in [0, 0.1) is 20.8 Å². The number of carbonyl (C=O) groups excluding carboxylic acids is 2. The number of carbonyl (C=O) groups is 2. The Morgan fingerprint density at radius 2 is 1.52 bits per heavy atom. The minimum absolute atomic E-state index is 0.0910. The summed E-state index contributed by atoms with van der Waals surface area (Å²) in [6, 6.07) is 21.8. The molecule has 3 rings (SSSR count). The first-order valence-electron chi connectivity index (χ1n) is 14.3. The highest BCUT2D eigenvalue weighted by Crippen LogP contribution is 2.26. The van der Waals surface area contributed by atoms with Gasteiger partial charge in [0.25, 0.3) is 0 Å². The van der Waals surface area contributed by atoms with Crippen LogP contribution in [-0.4, -0.2) is 62.2 Å². The summed E-state index contributed by atoms with van der Waals surface area (Å²) < 4.78 is 29.5. The van der Waals surface area contributed by atoms with Gasteiger partial charge in [0, 0.05) is 33.1 Å². The molecular formula is C33H44N4O4S. The molecule has 0 heterocycles. The Bertz CT molecular complexity index is 1470. The largest absolute Gasteiger partial charge is 0.352 e. The molecule has 1 N–H and O–H groups in total. The molecule has 0 radical (unpaired) electrons. The lowest BCUT2D eigenvalue weighted by Gasteiger charge is -2.35. The highest BCUT2D eigenvalue weighted by Gasteiger charge is 2.35. The normalized spacial score (nSPS) is 13.0. The summed E-state index contributed by atoms with van der Waals surface area (Å²) in [5.41, 5.74) is 4.78. The van der Waals surface area contributed by atoms with Gasteiger partial charge in [0.2, 0.25) is 11.8 Å². The summed E-state index contributed by atoms with van der Waals surface area (Å²) in [6.07, 6.45) is 1.02. The van der Waals surface area contributed by atoms with E-state index in [4.69, 9.17) is 0 Å². The molecule has 0 aliphatic rings. The minimum atomic E-state index is -4.05. The summed E-state index contributed by atoms with van der Waals surface area (Å²) in [5, 5.41) is 3.06. The van der Waals surface area contributed by atoms with Gasteiger partial charge in [0.15, 0.2) is 0 Å². The van der Waals surface area contributed by atoms with Crippen LogP contribution in [0.25, 0.3) is 0 Å². The van der Waals surface area contributed by atoms with Gasteiger partial charge < -0.3 is 10.2 Å². The highest BCUT2D eigenvalue weighted by molar-refractivity contribution is 7.90. The lowest BCUT2D eigenvalue weighted by atomic mass is 10.0. The second-order valence-electron chi connectivity index (χ2n) is 11.1. The van der Waals surface area contributed by atoms with E-state index in [9.17, 15) is 18.0 Å². The van der Waals surface area contributed by atoms with Crippen molar-refractivity contribution < 1.29 is 18.0 Å². The predicted octanol–water partition coefficient (Wildman–Crippen LogP) is 4.78. The van der Waals surface area contributed by atoms with Crippen molar-refractivity contribution >= 4 is 27.7 Å². The number of nitrogens with one attached hydrogen (secondary N) is 1. The molecule has 42 heavy (non-hydrogen) atoms. The van der Waals surface area contributed by atoms with E-state index in [-0.39, 0.29) is 24.9 Å². The Balaban J connectivity index is 2.14. The summed E-state index contributed by atoms with van der Waals surface area (Å²) >= 11 is 0. The van der Waals surface area contributed by atoms with Crippen LogP contribution in [0.3, 0.4) is 0 Å². The zero-order valence-corrected chi connectivity index (χ0v) is 26.6. The van der Waals surface area contributed by atoms with Crippen molar-refractivity contribution in [2.45, 2.75) is 66.1 Å². The molecule has 0 saturated heterocycles. The second kappa shape index (κ2) is 14.5. The topological polar surface area (TPSA) is 90.0 Å². The predicted molar refractivity (Wildman–Crippen MR) is 169 cm³/mol. The van der Waals surface area contributed by atoms with Crippen LogP contribution in [0.1, 0.15) is 48.1 Å². The Labute approximate surface area is 251 Å². The average molecular weight is 593 g/mol. The van der Waals surface area contributed by atoms with Crippen molar-refractivity contribution in [2.75, 3.05) is 24.9 Å². The first-order chi connectivity index (χ1) is 19.8. The number of hydrogen-bond acceptors (Lipinski definition) is 4. The molecule has 0 unspecified atom stereocenters. The molecule has 2 atom stereocenters. The first-order valence-corrected chi connectivity index (χ1v) is 15.7. The van der Waals surface area contributed by atoms with Gasteiger partial charge in [-0.3, -0.25) is 9.59 Å². The van der Waals surface area contributed by atoms with Crippen LogP contribution in [0.15, 0.2) is 72.8 Å². The van der Waals surface area contributed by atoms with E-state index in [0.29, 0.717) is 5.69 Å². The fourth-order valence-electron chi connectivity index (χ4n) is 4.66. The van der Waals surface area contributed by atoms with Gasteiger partial charge in [-0.25, -0.2) is 4.31 Å². The lowest BCUT2D eigenvalue weighted by Crippen LogP contribution is -2.55. The zero-order valence-electron chi connectivity index (χ0n) is 25.8. The molecule has 0 aliphatic carbocycles. The standard InChI is InChI=1S/C33H44N4O4S/c1-8-27(5)34-33(39)31(21-28-15-10-9-11-16-28)36(22-29-17-13-12-14-25(29)3)32(38)23-37(42(40,41)35(6)7)30-20-24(2)18-19-26(30)4/h9-20,27,31H,8,21-23H2,1-7H3,(H,34,39)/t27-,31+/m0/s1. The number of aryl methyl sites for hydroxylation is 3. The van der Waals surface area contributed by atoms with Crippen molar-refractivity contribution in [3.8, 4) is 0 Å². The third-order valence-corrected chi connectivity index (χ3v) is 9.33. The Hall–Kier alpha value is -3.69. The smallest absolute Gasteiger partial charge is 0.304 e. The zero-order chi connectivity index (χ0) is 31.0. The van der Waals surface area contributed by atoms with Crippen molar-refractivity contribution in [1.82, 2.24) is 14.5 Å². The maximum Gasteiger partial charge on any atom is 0.304 e. The Kier molecular flexibility index (Phi) is 11.3. The van der Waals surface area contributed by atoms with Crippen LogP contribution in [0.2, 0.25) is 0 Å². The van der Waals surface area contributed by atoms with Crippen LogP contribution in [0.4, 0.5) is 5.69 Å². The van der Waals surface area contributed by atoms with Gasteiger partial charge in [0.1, 0.15) is 12.6 Å². The van der Waals surface area contributed by atoms with Crippen LogP contribution in [0.5, 0.6) is 0 Å². The van der Waals surface area contributed by atoms with E-state index in [1.54, 1.807) is 6.07 Å². The van der Waals surface area contributed by atoms with Gasteiger partial charge >= 0.3 is 10.2 Å². The quantitative estimate of drug-likeness (QED) is 0.309. The minimum Gasteiger partial charge on any atom is -0.352 e. The molecule has 2 amide bonds. The third kappa shape index (κ3) is 8.20. The fourth-order valence-corrected chi connectivity index (χ4v) is 5.77. The molecule has 8 nitrogen and oxygen atoms in total. The number of rotatable bonds is 13. The van der Waals surface area contributed by atoms with Crippen LogP contribution >= 0.6 is 0 Å². The summed E-state index contributed by atoms with van der Waals surface area (Å²) in [4.78, 5) is 29.8. The van der Waals surface area contributed by atoms with Gasteiger partial charge in [-0.15, -0.1) is 0 Å². The number of anilines is 1. The number of benzene rings is 3. The first kappa shape index (κ1) is 32.8. The van der Waals surface area contributed by atoms with Gasteiger partial charge in [0.05, 0.1) is 5.69 Å². The molecule has 3 aromatic rings. The van der Waals surface area contributed by atoms with Crippen molar-refractivity contribution in [1.29, 1.82) is 0 Å². The Morgan fingerprint density at radius 3 is 2.14 bits per heavy atom. The molecule has 226 valence electrons. The van der Waals surface area contributed by atoms with Crippen molar-refractivity contribution in [2.24, 2.45) is 0 Å². The molecule has 0 spiro atoms.